The number of carbonyl (C=O) groups is 2. The topological polar surface area (TPSA) is 116 Å². The van der Waals surface area contributed by atoms with Gasteiger partial charge < -0.3 is 10.2 Å². The number of benzene rings is 2. The van der Waals surface area contributed by atoms with Crippen LogP contribution in [0.15, 0.2) is 47.5 Å². The van der Waals surface area contributed by atoms with Crippen molar-refractivity contribution >= 4 is 40.7 Å². The monoisotopic (exact) mass is 637 g/mol. The number of H-pyrrole nitrogens is 1. The first kappa shape index (κ1) is 32.1. The summed E-state index contributed by atoms with van der Waals surface area (Å²) in [7, 11) is 0. The first-order chi connectivity index (χ1) is 20.6. The predicted molar refractivity (Wildman–Crippen MR) is 173 cm³/mol. The van der Waals surface area contributed by atoms with Gasteiger partial charge in [0.2, 0.25) is 0 Å². The van der Waals surface area contributed by atoms with Crippen molar-refractivity contribution in [1.29, 1.82) is 0 Å². The Morgan fingerprint density at radius 1 is 1.05 bits per heavy atom. The summed E-state index contributed by atoms with van der Waals surface area (Å²) in [5, 5.41) is 17.4. The van der Waals surface area contributed by atoms with Crippen molar-refractivity contribution in [2.45, 2.75) is 91.9 Å². The van der Waals surface area contributed by atoms with Crippen molar-refractivity contribution in [2.75, 3.05) is 0 Å². The van der Waals surface area contributed by atoms with Crippen molar-refractivity contribution in [2.24, 2.45) is 21.7 Å². The van der Waals surface area contributed by atoms with E-state index in [1.807, 2.05) is 17.0 Å². The number of amides is 2. The van der Waals surface area contributed by atoms with Gasteiger partial charge in [-0.3, -0.25) is 14.6 Å². The maximum atomic E-state index is 14.6. The average Bonchev–Trinajstić information content (AvgIpc) is 3.56. The fraction of sp³-hybridized carbons (Fsp3) is 0.515. The van der Waals surface area contributed by atoms with E-state index in [0.29, 0.717) is 45.0 Å². The summed E-state index contributed by atoms with van der Waals surface area (Å²) < 4.78 is 0. The lowest BCUT2D eigenvalue weighted by Gasteiger charge is -2.48. The van der Waals surface area contributed by atoms with Gasteiger partial charge in [-0.25, -0.2) is 0 Å². The quantitative estimate of drug-likeness (QED) is 0.285. The molecule has 9 nitrogen and oxygen atoms in total. The number of nitrogens with one attached hydrogen (secondary N) is 2. The fourth-order valence-corrected chi connectivity index (χ4v) is 7.06. The number of carbonyl (C=O) groups excluding carboxylic acids is 2. The molecule has 11 heteroatoms. The summed E-state index contributed by atoms with van der Waals surface area (Å²) in [5.74, 6) is 0.576. The van der Waals surface area contributed by atoms with Crippen molar-refractivity contribution in [3.05, 3.63) is 75.0 Å². The lowest BCUT2D eigenvalue weighted by atomic mass is 9.69. The van der Waals surface area contributed by atoms with E-state index in [1.54, 1.807) is 30.3 Å². The average molecular weight is 639 g/mol. The second-order valence-electron chi connectivity index (χ2n) is 14.3. The molecule has 0 unspecified atom stereocenters. The van der Waals surface area contributed by atoms with Gasteiger partial charge in [-0.05, 0) is 84.7 Å². The summed E-state index contributed by atoms with van der Waals surface area (Å²) in [5.41, 5.74) is 1.89. The van der Waals surface area contributed by atoms with Crippen molar-refractivity contribution in [1.82, 2.24) is 30.8 Å². The van der Waals surface area contributed by atoms with E-state index in [-0.39, 0.29) is 35.2 Å². The molecule has 2 amide bonds. The molecule has 0 saturated heterocycles. The molecule has 234 valence electrons. The molecular formula is C33H41Cl2N7O2. The van der Waals surface area contributed by atoms with E-state index < -0.39 is 5.66 Å². The Morgan fingerprint density at radius 2 is 1.68 bits per heavy atom. The molecule has 0 radical (unpaired) electrons. The highest BCUT2D eigenvalue weighted by atomic mass is 35.5. The summed E-state index contributed by atoms with van der Waals surface area (Å²) in [6.45, 7) is 13.6. The summed E-state index contributed by atoms with van der Waals surface area (Å²) in [4.78, 5) is 34.8. The molecule has 1 aliphatic carbocycles. The number of halogens is 2. The maximum Gasteiger partial charge on any atom is 0.275 e. The largest absolute Gasteiger partial charge is 0.345 e. The minimum atomic E-state index is -0.681. The highest BCUT2D eigenvalue weighted by molar-refractivity contribution is 6.47. The number of rotatable bonds is 7. The Labute approximate surface area is 269 Å². The minimum absolute atomic E-state index is 0.0997. The highest BCUT2D eigenvalue weighted by Crippen LogP contribution is 2.51. The first-order valence-corrected chi connectivity index (χ1v) is 15.9. The molecule has 0 bridgehead atoms. The van der Waals surface area contributed by atoms with E-state index in [2.05, 4.69) is 67.5 Å². The van der Waals surface area contributed by atoms with E-state index in [9.17, 15) is 9.59 Å². The molecule has 3 aromatic rings. The fourth-order valence-electron chi connectivity index (χ4n) is 6.54. The predicted octanol–water partition coefficient (Wildman–Crippen LogP) is 7.18. The van der Waals surface area contributed by atoms with Crippen LogP contribution in [0, 0.1) is 16.7 Å². The number of aromatic nitrogens is 4. The lowest BCUT2D eigenvalue weighted by molar-refractivity contribution is -0.134. The molecule has 2 heterocycles. The molecule has 1 aliphatic heterocycles. The molecule has 5 rings (SSSR count). The Bertz CT molecular complexity index is 1510. The number of aliphatic imine (C=N–C) groups is 1. The van der Waals surface area contributed by atoms with Crippen LogP contribution in [0.1, 0.15) is 107 Å². The zero-order valence-corrected chi connectivity index (χ0v) is 27.8. The first-order valence-electron chi connectivity index (χ1n) is 15.2. The molecule has 1 aromatic heterocycles. The van der Waals surface area contributed by atoms with Crippen LogP contribution in [0.4, 0.5) is 0 Å². The molecule has 2 N–H and O–H groups in total. The number of tetrazole rings is 1. The van der Waals surface area contributed by atoms with Gasteiger partial charge in [-0.1, -0.05) is 82.1 Å². The van der Waals surface area contributed by atoms with Crippen LogP contribution < -0.4 is 5.32 Å². The molecule has 44 heavy (non-hydrogen) atoms. The third-order valence-corrected chi connectivity index (χ3v) is 9.24. The summed E-state index contributed by atoms with van der Waals surface area (Å²) in [6.07, 6.45) is 4.21. The molecule has 1 fully saturated rings. The number of hydrogen-bond donors (Lipinski definition) is 2. The van der Waals surface area contributed by atoms with Gasteiger partial charge in [-0.2, -0.15) is 5.21 Å². The molecule has 1 spiro atoms. The standard InChI is InChI=1S/C33H41Cl2N7O2/c1-31(2,3)18-26(20-7-9-21(10-8-20)29(43)36-19-27-38-40-41-39-27)42-30(44)28(22-15-24(34)17-25(35)16-22)37-33(42)13-11-23(12-14-33)32(4,5)6/h7-10,15-17,23,26H,11-14,18-19H2,1-6H3,(H,36,43)(H,38,39,40,41)/t23?,26-,33?/m1/s1. The van der Waals surface area contributed by atoms with Gasteiger partial charge >= 0.3 is 0 Å². The Kier molecular flexibility index (Phi) is 8.93. The van der Waals surface area contributed by atoms with E-state index >= 15 is 0 Å². The minimum Gasteiger partial charge on any atom is -0.345 e. The molecule has 2 aromatic carbocycles. The van der Waals surface area contributed by atoms with E-state index in [4.69, 9.17) is 28.2 Å². The van der Waals surface area contributed by atoms with Crippen molar-refractivity contribution < 1.29 is 9.59 Å². The second kappa shape index (κ2) is 12.2. The summed E-state index contributed by atoms with van der Waals surface area (Å²) >= 11 is 12.8. The van der Waals surface area contributed by atoms with E-state index in [0.717, 1.165) is 31.2 Å². The maximum absolute atomic E-state index is 14.6. The summed E-state index contributed by atoms with van der Waals surface area (Å²) in [6, 6.07) is 12.5. The van der Waals surface area contributed by atoms with Crippen LogP contribution in [0.5, 0.6) is 0 Å². The van der Waals surface area contributed by atoms with Crippen molar-refractivity contribution in [3.63, 3.8) is 0 Å². The van der Waals surface area contributed by atoms with Gasteiger partial charge in [0.15, 0.2) is 5.82 Å². The van der Waals surface area contributed by atoms with Crippen LogP contribution in [0.3, 0.4) is 0 Å². The normalized spacial score (nSPS) is 21.5. The Hall–Kier alpha value is -3.30. The molecule has 1 saturated carbocycles. The van der Waals surface area contributed by atoms with Gasteiger partial charge in [-0.15, -0.1) is 10.2 Å². The number of hydrogen-bond acceptors (Lipinski definition) is 6. The lowest BCUT2D eigenvalue weighted by Crippen LogP contribution is -2.52. The molecule has 1 atom stereocenters. The van der Waals surface area contributed by atoms with Crippen molar-refractivity contribution in [3.8, 4) is 0 Å². The van der Waals surface area contributed by atoms with Crippen LogP contribution >= 0.6 is 23.2 Å². The molecular weight excluding hydrogens is 597 g/mol. The van der Waals surface area contributed by atoms with Gasteiger partial charge in [0.25, 0.3) is 11.8 Å². The Morgan fingerprint density at radius 3 is 2.23 bits per heavy atom. The van der Waals surface area contributed by atoms with Crippen LogP contribution in [-0.4, -0.2) is 48.7 Å². The SMILES string of the molecule is CC(C)(C)C[C@H](c1ccc(C(=O)NCc2nn[nH]n2)cc1)N1C(=O)C(c2cc(Cl)cc(Cl)c2)=NC12CCC(C(C)(C)C)CC2. The zero-order valence-electron chi connectivity index (χ0n) is 26.2. The highest BCUT2D eigenvalue weighted by Gasteiger charge is 2.53. The van der Waals surface area contributed by atoms with E-state index in [1.165, 1.54) is 0 Å². The van der Waals surface area contributed by atoms with Crippen LogP contribution in [0.2, 0.25) is 10.0 Å². The van der Waals surface area contributed by atoms with Crippen LogP contribution in [0.25, 0.3) is 0 Å². The van der Waals surface area contributed by atoms with Crippen LogP contribution in [-0.2, 0) is 11.3 Å². The van der Waals surface area contributed by atoms with Gasteiger partial charge in [0.1, 0.15) is 11.4 Å². The van der Waals surface area contributed by atoms with Gasteiger partial charge in [0.05, 0.1) is 12.6 Å². The third-order valence-electron chi connectivity index (χ3n) is 8.81. The molecule has 2 aliphatic rings. The zero-order chi connectivity index (χ0) is 31.9. The number of nitrogens with zero attached hydrogens (tertiary/aromatic N) is 5. The Balaban J connectivity index is 1.51. The second-order valence-corrected chi connectivity index (χ2v) is 15.2. The number of aromatic amines is 1. The smallest absolute Gasteiger partial charge is 0.275 e. The third kappa shape index (κ3) is 6.99. The van der Waals surface area contributed by atoms with Gasteiger partial charge in [0, 0.05) is 21.2 Å².